The molecule has 1 N–H and O–H groups in total. The first kappa shape index (κ1) is 8.53. The van der Waals surface area contributed by atoms with E-state index in [1.807, 2.05) is 0 Å². The highest BCUT2D eigenvalue weighted by Gasteiger charge is 2.41. The lowest BCUT2D eigenvalue weighted by Gasteiger charge is -2.34. The predicted octanol–water partition coefficient (Wildman–Crippen LogP) is 1.11. The summed E-state index contributed by atoms with van der Waals surface area (Å²) in [6.45, 7) is 0.601. The van der Waals surface area contributed by atoms with Crippen LogP contribution in [0, 0.1) is 5.92 Å². The van der Waals surface area contributed by atoms with Gasteiger partial charge in [0.2, 0.25) is 0 Å². The molecular weight excluding hydrogens is 170 g/mol. The monoisotopic (exact) mass is 183 g/mol. The Hall–Kier alpha value is -1.06. The highest BCUT2D eigenvalue weighted by Crippen LogP contribution is 2.34. The van der Waals surface area contributed by atoms with Crippen LogP contribution in [-0.2, 0) is 4.79 Å². The smallest absolute Gasteiger partial charge is 0.407 e. The van der Waals surface area contributed by atoms with Crippen molar-refractivity contribution in [3.05, 3.63) is 0 Å². The first-order valence-corrected chi connectivity index (χ1v) is 4.70. The normalized spacial score (nSPS) is 33.2. The standard InChI is InChI=1S/C9H13NO3/c11-7-4-6-2-1-3-10(9(12)13)8(6)5-7/h6,8H,1-5H2,(H,12,13)/t6-,8+/m1/s1. The van der Waals surface area contributed by atoms with Crippen molar-refractivity contribution < 1.29 is 14.7 Å². The molecular formula is C9H13NO3. The van der Waals surface area contributed by atoms with Crippen molar-refractivity contribution in [3.8, 4) is 0 Å². The highest BCUT2D eigenvalue weighted by molar-refractivity contribution is 5.83. The topological polar surface area (TPSA) is 57.6 Å². The lowest BCUT2D eigenvalue weighted by Crippen LogP contribution is -2.45. The molecule has 0 bridgehead atoms. The summed E-state index contributed by atoms with van der Waals surface area (Å²) < 4.78 is 0. The Balaban J connectivity index is 2.14. The number of carbonyl (C=O) groups is 2. The molecule has 2 aliphatic rings. The summed E-state index contributed by atoms with van der Waals surface area (Å²) in [6, 6.07) is -0.0150. The minimum atomic E-state index is -0.871. The van der Waals surface area contributed by atoms with Crippen molar-refractivity contribution in [1.29, 1.82) is 0 Å². The van der Waals surface area contributed by atoms with Crippen molar-refractivity contribution in [2.45, 2.75) is 31.7 Å². The summed E-state index contributed by atoms with van der Waals surface area (Å²) in [5, 5.41) is 8.89. The second-order valence-electron chi connectivity index (χ2n) is 3.89. The van der Waals surface area contributed by atoms with Gasteiger partial charge in [-0.1, -0.05) is 0 Å². The van der Waals surface area contributed by atoms with Crippen LogP contribution in [0.25, 0.3) is 0 Å². The third-order valence-electron chi connectivity index (χ3n) is 3.09. The van der Waals surface area contributed by atoms with Crippen molar-refractivity contribution in [2.24, 2.45) is 5.92 Å². The Kier molecular flexibility index (Phi) is 1.98. The van der Waals surface area contributed by atoms with Crippen LogP contribution < -0.4 is 0 Å². The molecule has 2 rings (SSSR count). The van der Waals surface area contributed by atoms with E-state index in [2.05, 4.69) is 0 Å². The number of Topliss-reactive ketones (excluding diaryl/α,β-unsaturated/α-hetero) is 1. The molecule has 2 atom stereocenters. The third kappa shape index (κ3) is 1.41. The summed E-state index contributed by atoms with van der Waals surface area (Å²) >= 11 is 0. The van der Waals surface area contributed by atoms with E-state index in [9.17, 15) is 9.59 Å². The van der Waals surface area contributed by atoms with Gasteiger partial charge in [-0.05, 0) is 18.8 Å². The van der Waals surface area contributed by atoms with Gasteiger partial charge < -0.3 is 10.0 Å². The average molecular weight is 183 g/mol. The molecule has 0 radical (unpaired) electrons. The molecule has 1 saturated heterocycles. The van der Waals surface area contributed by atoms with Gasteiger partial charge in [0.15, 0.2) is 0 Å². The number of nitrogens with zero attached hydrogens (tertiary/aromatic N) is 1. The zero-order chi connectivity index (χ0) is 9.42. The first-order valence-electron chi connectivity index (χ1n) is 4.70. The number of hydrogen-bond donors (Lipinski definition) is 1. The van der Waals surface area contributed by atoms with E-state index in [0.717, 1.165) is 12.8 Å². The molecule has 4 heteroatoms. The molecule has 1 aliphatic heterocycles. The van der Waals surface area contributed by atoms with Crippen LogP contribution in [0.15, 0.2) is 0 Å². The van der Waals surface area contributed by atoms with Crippen molar-refractivity contribution in [2.75, 3.05) is 6.54 Å². The molecule has 0 unspecified atom stereocenters. The summed E-state index contributed by atoms with van der Waals surface area (Å²) in [5.41, 5.74) is 0. The Morgan fingerprint density at radius 3 is 2.92 bits per heavy atom. The van der Waals surface area contributed by atoms with E-state index in [1.54, 1.807) is 0 Å². The van der Waals surface area contributed by atoms with Gasteiger partial charge in [-0.25, -0.2) is 4.79 Å². The van der Waals surface area contributed by atoms with E-state index in [1.165, 1.54) is 4.90 Å². The third-order valence-corrected chi connectivity index (χ3v) is 3.09. The Morgan fingerprint density at radius 2 is 2.23 bits per heavy atom. The molecule has 0 aromatic heterocycles. The number of hydrogen-bond acceptors (Lipinski definition) is 2. The van der Waals surface area contributed by atoms with E-state index in [4.69, 9.17) is 5.11 Å². The van der Waals surface area contributed by atoms with Gasteiger partial charge >= 0.3 is 6.09 Å². The van der Waals surface area contributed by atoms with E-state index < -0.39 is 6.09 Å². The molecule has 13 heavy (non-hydrogen) atoms. The lowest BCUT2D eigenvalue weighted by atomic mass is 9.92. The van der Waals surface area contributed by atoms with Crippen LogP contribution in [0.3, 0.4) is 0 Å². The molecule has 1 heterocycles. The number of fused-ring (bicyclic) bond motifs is 1. The second kappa shape index (κ2) is 3.01. The molecule has 0 spiro atoms. The van der Waals surface area contributed by atoms with Gasteiger partial charge in [0.1, 0.15) is 5.78 Å². The molecule has 1 saturated carbocycles. The number of amides is 1. The summed E-state index contributed by atoms with van der Waals surface area (Å²) in [7, 11) is 0. The van der Waals surface area contributed by atoms with Gasteiger partial charge in [0.05, 0.1) is 0 Å². The maximum atomic E-state index is 11.2. The Bertz CT molecular complexity index is 251. The first-order chi connectivity index (χ1) is 6.18. The summed E-state index contributed by atoms with van der Waals surface area (Å²) in [5.74, 6) is 0.528. The minimum absolute atomic E-state index is 0.0150. The van der Waals surface area contributed by atoms with Crippen LogP contribution in [-0.4, -0.2) is 34.5 Å². The van der Waals surface area contributed by atoms with Gasteiger partial charge in [-0.15, -0.1) is 0 Å². The average Bonchev–Trinajstić information content (AvgIpc) is 2.43. The van der Waals surface area contributed by atoms with Crippen molar-refractivity contribution in [3.63, 3.8) is 0 Å². The van der Waals surface area contributed by atoms with Crippen LogP contribution in [0.4, 0.5) is 4.79 Å². The summed E-state index contributed by atoms with van der Waals surface area (Å²) in [6.07, 6.45) is 2.08. The maximum absolute atomic E-state index is 11.2. The predicted molar refractivity (Wildman–Crippen MR) is 45.5 cm³/mol. The van der Waals surface area contributed by atoms with E-state index >= 15 is 0 Å². The molecule has 0 aromatic rings. The number of rotatable bonds is 0. The number of piperidine rings is 1. The number of carbonyl (C=O) groups excluding carboxylic acids is 1. The number of ketones is 1. The second-order valence-corrected chi connectivity index (χ2v) is 3.89. The highest BCUT2D eigenvalue weighted by atomic mass is 16.4. The van der Waals surface area contributed by atoms with Crippen molar-refractivity contribution >= 4 is 11.9 Å². The maximum Gasteiger partial charge on any atom is 0.407 e. The van der Waals surface area contributed by atoms with Gasteiger partial charge in [-0.2, -0.15) is 0 Å². The molecule has 72 valence electrons. The SMILES string of the molecule is O=C1C[C@H]2CCCN(C(=O)O)[C@H]2C1. The molecule has 0 aromatic carbocycles. The molecule has 1 amide bonds. The Labute approximate surface area is 76.5 Å². The molecule has 1 aliphatic carbocycles. The quantitative estimate of drug-likeness (QED) is 0.612. The van der Waals surface area contributed by atoms with Crippen LogP contribution >= 0.6 is 0 Å². The molecule has 2 fully saturated rings. The van der Waals surface area contributed by atoms with E-state index in [0.29, 0.717) is 25.3 Å². The van der Waals surface area contributed by atoms with Crippen LogP contribution in [0.5, 0.6) is 0 Å². The fraction of sp³-hybridized carbons (Fsp3) is 0.778. The van der Waals surface area contributed by atoms with Gasteiger partial charge in [0, 0.05) is 25.4 Å². The zero-order valence-electron chi connectivity index (χ0n) is 7.40. The fourth-order valence-electron chi connectivity index (χ4n) is 2.50. The van der Waals surface area contributed by atoms with Gasteiger partial charge in [-0.3, -0.25) is 4.79 Å². The van der Waals surface area contributed by atoms with Gasteiger partial charge in [0.25, 0.3) is 0 Å². The zero-order valence-corrected chi connectivity index (χ0v) is 7.40. The number of carboxylic acid groups (broad SMARTS) is 1. The molecule has 4 nitrogen and oxygen atoms in total. The largest absolute Gasteiger partial charge is 0.465 e. The summed E-state index contributed by atoms with van der Waals surface area (Å²) in [4.78, 5) is 23.4. The van der Waals surface area contributed by atoms with E-state index in [-0.39, 0.29) is 11.8 Å². The van der Waals surface area contributed by atoms with Crippen LogP contribution in [0.2, 0.25) is 0 Å². The lowest BCUT2D eigenvalue weighted by molar-refractivity contribution is -0.117. The van der Waals surface area contributed by atoms with Crippen LogP contribution in [0.1, 0.15) is 25.7 Å². The number of likely N-dealkylation sites (tertiary alicyclic amines) is 1. The fourth-order valence-corrected chi connectivity index (χ4v) is 2.50. The van der Waals surface area contributed by atoms with Crippen molar-refractivity contribution in [1.82, 2.24) is 4.90 Å². The Morgan fingerprint density at radius 1 is 1.46 bits per heavy atom. The minimum Gasteiger partial charge on any atom is -0.465 e.